The summed E-state index contributed by atoms with van der Waals surface area (Å²) in [5, 5.41) is 19.1. The summed E-state index contributed by atoms with van der Waals surface area (Å²) in [6.07, 6.45) is 1.58. The number of benzene rings is 3. The lowest BCUT2D eigenvalue weighted by molar-refractivity contribution is 0.0782. The molecule has 0 aliphatic carbocycles. The van der Waals surface area contributed by atoms with Crippen molar-refractivity contribution in [1.82, 2.24) is 15.1 Å². The Bertz CT molecular complexity index is 1480. The smallest absolute Gasteiger partial charge is 0.257 e. The number of nitrogens with zero attached hydrogens (tertiary/aromatic N) is 2. The predicted molar refractivity (Wildman–Crippen MR) is 133 cm³/mol. The van der Waals surface area contributed by atoms with Crippen LogP contribution in [0, 0.1) is 0 Å². The Kier molecular flexibility index (Phi) is 6.49. The molecule has 3 N–H and O–H groups in total. The van der Waals surface area contributed by atoms with E-state index in [1.807, 2.05) is 18.2 Å². The predicted octanol–water partition coefficient (Wildman–Crippen LogP) is 4.16. The van der Waals surface area contributed by atoms with Gasteiger partial charge in [0.1, 0.15) is 5.75 Å². The third-order valence-electron chi connectivity index (χ3n) is 5.25. The Labute approximate surface area is 202 Å². The SMILES string of the molecule is CN(Cc1cccc(NS(C)(=O)=O)c1)C(=O)c1cc2c(Cc3cccc(Cl)c3)n[nH]c2cc1O. The fourth-order valence-corrected chi connectivity index (χ4v) is 4.52. The summed E-state index contributed by atoms with van der Waals surface area (Å²) in [6.45, 7) is 0.219. The summed E-state index contributed by atoms with van der Waals surface area (Å²) in [7, 11) is -1.80. The lowest BCUT2D eigenvalue weighted by atomic mass is 10.0. The summed E-state index contributed by atoms with van der Waals surface area (Å²) in [4.78, 5) is 14.6. The molecule has 0 bridgehead atoms. The Morgan fingerprint density at radius 3 is 2.59 bits per heavy atom. The van der Waals surface area contributed by atoms with Crippen molar-refractivity contribution in [2.24, 2.45) is 0 Å². The van der Waals surface area contributed by atoms with E-state index in [0.29, 0.717) is 22.6 Å². The number of aromatic amines is 1. The zero-order valence-electron chi connectivity index (χ0n) is 18.5. The molecule has 0 atom stereocenters. The van der Waals surface area contributed by atoms with Crippen LogP contribution in [-0.2, 0) is 23.0 Å². The molecule has 1 amide bonds. The molecule has 0 fully saturated rings. The second-order valence-electron chi connectivity index (χ2n) is 8.13. The lowest BCUT2D eigenvalue weighted by Crippen LogP contribution is -2.26. The number of halogens is 1. The van der Waals surface area contributed by atoms with Gasteiger partial charge in [-0.15, -0.1) is 0 Å². The van der Waals surface area contributed by atoms with Crippen molar-refractivity contribution in [3.8, 4) is 5.75 Å². The van der Waals surface area contributed by atoms with Crippen LogP contribution in [0.2, 0.25) is 5.02 Å². The van der Waals surface area contributed by atoms with E-state index in [1.165, 1.54) is 11.0 Å². The van der Waals surface area contributed by atoms with Crippen molar-refractivity contribution in [3.05, 3.63) is 88.1 Å². The fraction of sp³-hybridized carbons (Fsp3) is 0.167. The van der Waals surface area contributed by atoms with Crippen LogP contribution < -0.4 is 4.72 Å². The number of phenolic OH excluding ortho intramolecular Hbond substituents is 1. The quantitative estimate of drug-likeness (QED) is 0.354. The second-order valence-corrected chi connectivity index (χ2v) is 10.3. The number of rotatable bonds is 7. The van der Waals surface area contributed by atoms with Crippen molar-refractivity contribution in [1.29, 1.82) is 0 Å². The standard InChI is InChI=1S/C24H23ClN4O4S/c1-29(14-16-6-4-8-18(10-16)28-34(2,32)33)24(31)20-12-19-21(26-27-22(19)13-23(20)30)11-15-5-3-7-17(25)9-15/h3-10,12-13,28,30H,11,14H2,1-2H3,(H,26,27). The molecule has 8 nitrogen and oxygen atoms in total. The van der Waals surface area contributed by atoms with Gasteiger partial charge < -0.3 is 10.0 Å². The molecule has 1 heterocycles. The van der Waals surface area contributed by atoms with Crippen LogP contribution in [0.1, 0.15) is 27.2 Å². The van der Waals surface area contributed by atoms with Gasteiger partial charge in [0.05, 0.1) is 23.0 Å². The largest absolute Gasteiger partial charge is 0.507 e. The number of aromatic hydroxyl groups is 1. The van der Waals surface area contributed by atoms with Crippen LogP contribution in [0.25, 0.3) is 10.9 Å². The molecule has 4 aromatic rings. The molecule has 1 aromatic heterocycles. The van der Waals surface area contributed by atoms with E-state index in [2.05, 4.69) is 14.9 Å². The number of amides is 1. The Morgan fingerprint density at radius 1 is 1.12 bits per heavy atom. The van der Waals surface area contributed by atoms with Crippen LogP contribution in [0.3, 0.4) is 0 Å². The maximum Gasteiger partial charge on any atom is 0.257 e. The van der Waals surface area contributed by atoms with Gasteiger partial charge in [-0.1, -0.05) is 35.9 Å². The van der Waals surface area contributed by atoms with Gasteiger partial charge in [-0.05, 0) is 41.5 Å². The molecule has 0 spiro atoms. The summed E-state index contributed by atoms with van der Waals surface area (Å²) in [5.41, 5.74) is 3.61. The number of phenols is 1. The fourth-order valence-electron chi connectivity index (χ4n) is 3.75. The van der Waals surface area contributed by atoms with Crippen molar-refractivity contribution in [3.63, 3.8) is 0 Å². The molecule has 0 aliphatic heterocycles. The number of nitrogens with one attached hydrogen (secondary N) is 2. The minimum Gasteiger partial charge on any atom is -0.507 e. The highest BCUT2D eigenvalue weighted by Gasteiger charge is 2.19. The molecule has 0 radical (unpaired) electrons. The van der Waals surface area contributed by atoms with Crippen LogP contribution in [0.4, 0.5) is 5.69 Å². The Morgan fingerprint density at radius 2 is 1.85 bits per heavy atom. The van der Waals surface area contributed by atoms with E-state index in [9.17, 15) is 18.3 Å². The molecular weight excluding hydrogens is 476 g/mol. The number of aromatic nitrogens is 2. The number of H-pyrrole nitrogens is 1. The van der Waals surface area contributed by atoms with Gasteiger partial charge in [0.25, 0.3) is 5.91 Å². The second kappa shape index (κ2) is 9.36. The number of sulfonamides is 1. The number of carbonyl (C=O) groups excluding carboxylic acids is 1. The number of carbonyl (C=O) groups is 1. The first-order valence-corrected chi connectivity index (χ1v) is 12.6. The highest BCUT2D eigenvalue weighted by atomic mass is 35.5. The maximum absolute atomic E-state index is 13.2. The lowest BCUT2D eigenvalue weighted by Gasteiger charge is -2.19. The average molecular weight is 499 g/mol. The Balaban J connectivity index is 1.58. The number of hydrogen-bond donors (Lipinski definition) is 3. The van der Waals surface area contributed by atoms with Gasteiger partial charge in [-0.25, -0.2) is 8.42 Å². The van der Waals surface area contributed by atoms with Gasteiger partial charge in [0, 0.05) is 42.2 Å². The van der Waals surface area contributed by atoms with Gasteiger partial charge in [0.2, 0.25) is 10.0 Å². The minimum atomic E-state index is -3.41. The van der Waals surface area contributed by atoms with Gasteiger partial charge >= 0.3 is 0 Å². The molecule has 176 valence electrons. The van der Waals surface area contributed by atoms with Crippen molar-refractivity contribution in [2.75, 3.05) is 18.0 Å². The summed E-state index contributed by atoms with van der Waals surface area (Å²) in [6, 6.07) is 17.4. The first kappa shape index (κ1) is 23.6. The molecule has 34 heavy (non-hydrogen) atoms. The molecule has 0 unspecified atom stereocenters. The van der Waals surface area contributed by atoms with E-state index in [4.69, 9.17) is 11.6 Å². The van der Waals surface area contributed by atoms with Gasteiger partial charge in [-0.3, -0.25) is 14.6 Å². The first-order chi connectivity index (χ1) is 16.1. The summed E-state index contributed by atoms with van der Waals surface area (Å²) >= 11 is 6.09. The third-order valence-corrected chi connectivity index (χ3v) is 6.09. The normalized spacial score (nSPS) is 11.5. The third kappa shape index (κ3) is 5.49. The highest BCUT2D eigenvalue weighted by molar-refractivity contribution is 7.92. The maximum atomic E-state index is 13.2. The Hall–Kier alpha value is -3.56. The van der Waals surface area contributed by atoms with E-state index >= 15 is 0 Å². The van der Waals surface area contributed by atoms with Crippen molar-refractivity contribution < 1.29 is 18.3 Å². The van der Waals surface area contributed by atoms with Crippen LogP contribution in [0.5, 0.6) is 5.75 Å². The topological polar surface area (TPSA) is 115 Å². The van der Waals surface area contributed by atoms with Crippen LogP contribution >= 0.6 is 11.6 Å². The number of hydrogen-bond acceptors (Lipinski definition) is 5. The molecular formula is C24H23ClN4O4S. The molecule has 0 aliphatic rings. The minimum absolute atomic E-state index is 0.147. The van der Waals surface area contributed by atoms with E-state index < -0.39 is 10.0 Å². The molecule has 0 saturated heterocycles. The molecule has 4 rings (SSSR count). The number of anilines is 1. The van der Waals surface area contributed by atoms with E-state index in [1.54, 1.807) is 43.4 Å². The van der Waals surface area contributed by atoms with E-state index in [-0.39, 0.29) is 23.8 Å². The monoisotopic (exact) mass is 498 g/mol. The van der Waals surface area contributed by atoms with Gasteiger partial charge in [0.15, 0.2) is 0 Å². The van der Waals surface area contributed by atoms with Crippen LogP contribution in [0.15, 0.2) is 60.7 Å². The van der Waals surface area contributed by atoms with Crippen molar-refractivity contribution >= 4 is 44.1 Å². The summed E-state index contributed by atoms with van der Waals surface area (Å²) in [5.74, 6) is -0.536. The first-order valence-electron chi connectivity index (χ1n) is 10.4. The van der Waals surface area contributed by atoms with Gasteiger partial charge in [-0.2, -0.15) is 5.10 Å². The molecule has 10 heteroatoms. The van der Waals surface area contributed by atoms with Crippen molar-refractivity contribution in [2.45, 2.75) is 13.0 Å². The zero-order chi connectivity index (χ0) is 24.5. The van der Waals surface area contributed by atoms with E-state index in [0.717, 1.165) is 28.5 Å². The molecule has 0 saturated carbocycles. The zero-order valence-corrected chi connectivity index (χ0v) is 20.1. The number of fused-ring (bicyclic) bond motifs is 1. The average Bonchev–Trinajstić information content (AvgIpc) is 3.13. The van der Waals surface area contributed by atoms with Crippen LogP contribution in [-0.4, -0.2) is 47.8 Å². The highest BCUT2D eigenvalue weighted by Crippen LogP contribution is 2.28. The molecule has 3 aromatic carbocycles. The summed E-state index contributed by atoms with van der Waals surface area (Å²) < 4.78 is 25.4.